The van der Waals surface area contributed by atoms with Gasteiger partial charge < -0.3 is 14.8 Å². The van der Waals surface area contributed by atoms with Crippen molar-refractivity contribution in [2.45, 2.75) is 25.7 Å². The number of aromatic nitrogens is 1. The molecule has 1 aliphatic carbocycles. The highest BCUT2D eigenvalue weighted by Crippen LogP contribution is 2.29. The summed E-state index contributed by atoms with van der Waals surface area (Å²) in [5.41, 5.74) is 4.40. The number of carbonyl (C=O) groups is 2. The molecule has 0 fully saturated rings. The van der Waals surface area contributed by atoms with Crippen molar-refractivity contribution in [2.75, 3.05) is 27.7 Å². The Labute approximate surface area is 136 Å². The van der Waals surface area contributed by atoms with Crippen molar-refractivity contribution in [1.82, 2.24) is 14.8 Å². The molecule has 1 N–H and O–H groups in total. The zero-order valence-corrected chi connectivity index (χ0v) is 14.0. The third-order valence-electron chi connectivity index (χ3n) is 4.56. The highest BCUT2D eigenvalue weighted by Gasteiger charge is 2.19. The van der Waals surface area contributed by atoms with Crippen LogP contribution in [-0.4, -0.2) is 54.3 Å². The van der Waals surface area contributed by atoms with Crippen molar-refractivity contribution >= 4 is 22.7 Å². The molecule has 5 heteroatoms. The number of hydrogen-bond donors (Lipinski definition) is 1. The lowest BCUT2D eigenvalue weighted by atomic mass is 9.95. The van der Waals surface area contributed by atoms with Crippen LogP contribution < -0.4 is 0 Å². The van der Waals surface area contributed by atoms with Gasteiger partial charge in [0.1, 0.15) is 0 Å². The standard InChI is InChI=1S/C18H23N3O2/c1-20(2)17(22)11-21(3)18(23)12-8-9-16-14(10-12)13-6-4-5-7-15(13)19-16/h8-10,19H,4-7,11H2,1-3H3. The molecule has 1 heterocycles. The molecular weight excluding hydrogens is 290 g/mol. The highest BCUT2D eigenvalue weighted by atomic mass is 16.2. The lowest BCUT2D eigenvalue weighted by molar-refractivity contribution is -0.129. The molecule has 0 bridgehead atoms. The number of aromatic amines is 1. The van der Waals surface area contributed by atoms with Crippen molar-refractivity contribution in [3.63, 3.8) is 0 Å². The maximum absolute atomic E-state index is 12.6. The average Bonchev–Trinajstić information content (AvgIpc) is 2.91. The second kappa shape index (κ2) is 6.07. The van der Waals surface area contributed by atoms with E-state index in [0.717, 1.165) is 23.7 Å². The quantitative estimate of drug-likeness (QED) is 0.944. The first-order chi connectivity index (χ1) is 11.0. The SMILES string of the molecule is CN(C)C(=O)CN(C)C(=O)c1ccc2[nH]c3c(c2c1)CCCC3. The molecule has 0 aliphatic heterocycles. The number of nitrogens with one attached hydrogen (secondary N) is 1. The summed E-state index contributed by atoms with van der Waals surface area (Å²) < 4.78 is 0. The van der Waals surface area contributed by atoms with E-state index in [0.29, 0.717) is 5.56 Å². The Morgan fingerprint density at radius 3 is 2.61 bits per heavy atom. The van der Waals surface area contributed by atoms with E-state index in [1.54, 1.807) is 21.1 Å². The summed E-state index contributed by atoms with van der Waals surface area (Å²) in [6.07, 6.45) is 4.59. The summed E-state index contributed by atoms with van der Waals surface area (Å²) in [5.74, 6) is -0.200. The van der Waals surface area contributed by atoms with Crippen molar-refractivity contribution in [1.29, 1.82) is 0 Å². The predicted octanol–water partition coefficient (Wildman–Crippen LogP) is 2.21. The Hall–Kier alpha value is -2.30. The summed E-state index contributed by atoms with van der Waals surface area (Å²) >= 11 is 0. The van der Waals surface area contributed by atoms with Gasteiger partial charge >= 0.3 is 0 Å². The van der Waals surface area contributed by atoms with E-state index in [1.165, 1.54) is 33.9 Å². The Bertz CT molecular complexity index is 761. The predicted molar refractivity (Wildman–Crippen MR) is 90.6 cm³/mol. The van der Waals surface area contributed by atoms with E-state index < -0.39 is 0 Å². The van der Waals surface area contributed by atoms with Crippen LogP contribution in [0.2, 0.25) is 0 Å². The van der Waals surface area contributed by atoms with Gasteiger partial charge in [-0.05, 0) is 49.4 Å². The maximum atomic E-state index is 12.6. The van der Waals surface area contributed by atoms with Crippen LogP contribution in [-0.2, 0) is 17.6 Å². The van der Waals surface area contributed by atoms with Crippen molar-refractivity contribution in [3.05, 3.63) is 35.0 Å². The lowest BCUT2D eigenvalue weighted by Crippen LogP contribution is -2.37. The maximum Gasteiger partial charge on any atom is 0.254 e. The van der Waals surface area contributed by atoms with Crippen LogP contribution in [0.5, 0.6) is 0 Å². The highest BCUT2D eigenvalue weighted by molar-refractivity contribution is 6.00. The molecule has 1 aromatic carbocycles. The molecule has 3 rings (SSSR count). The summed E-state index contributed by atoms with van der Waals surface area (Å²) in [4.78, 5) is 30.8. The molecule has 1 aliphatic rings. The Balaban J connectivity index is 1.87. The van der Waals surface area contributed by atoms with Crippen molar-refractivity contribution in [3.8, 4) is 0 Å². The zero-order valence-electron chi connectivity index (χ0n) is 14.0. The van der Waals surface area contributed by atoms with Gasteiger partial charge in [0.25, 0.3) is 5.91 Å². The fraction of sp³-hybridized carbons (Fsp3) is 0.444. The summed E-state index contributed by atoms with van der Waals surface area (Å²) in [5, 5.41) is 1.15. The van der Waals surface area contributed by atoms with Gasteiger partial charge in [0.2, 0.25) is 5.91 Å². The molecule has 0 atom stereocenters. The molecule has 0 unspecified atom stereocenters. The fourth-order valence-electron chi connectivity index (χ4n) is 3.18. The summed E-state index contributed by atoms with van der Waals surface area (Å²) in [6, 6.07) is 5.78. The minimum Gasteiger partial charge on any atom is -0.358 e. The Morgan fingerprint density at radius 2 is 1.87 bits per heavy atom. The van der Waals surface area contributed by atoms with Gasteiger partial charge in [-0.1, -0.05) is 0 Å². The van der Waals surface area contributed by atoms with Crippen LogP contribution in [0.3, 0.4) is 0 Å². The van der Waals surface area contributed by atoms with Crippen LogP contribution in [0.1, 0.15) is 34.5 Å². The molecule has 0 radical (unpaired) electrons. The van der Waals surface area contributed by atoms with E-state index in [2.05, 4.69) is 4.98 Å². The molecule has 0 saturated carbocycles. The minimum atomic E-state index is -0.118. The second-order valence-corrected chi connectivity index (χ2v) is 6.50. The number of benzene rings is 1. The molecule has 2 aromatic rings. The van der Waals surface area contributed by atoms with Crippen LogP contribution in [0.15, 0.2) is 18.2 Å². The van der Waals surface area contributed by atoms with Crippen LogP contribution >= 0.6 is 0 Å². The average molecular weight is 313 g/mol. The molecule has 122 valence electrons. The number of nitrogens with zero attached hydrogens (tertiary/aromatic N) is 2. The monoisotopic (exact) mass is 313 g/mol. The summed E-state index contributed by atoms with van der Waals surface area (Å²) in [7, 11) is 5.05. The van der Waals surface area contributed by atoms with Gasteiger partial charge in [-0.25, -0.2) is 0 Å². The molecule has 1 aromatic heterocycles. The van der Waals surface area contributed by atoms with E-state index in [9.17, 15) is 9.59 Å². The molecule has 2 amide bonds. The zero-order chi connectivity index (χ0) is 16.6. The van der Waals surface area contributed by atoms with Gasteiger partial charge in [-0.3, -0.25) is 9.59 Å². The number of H-pyrrole nitrogens is 1. The van der Waals surface area contributed by atoms with Crippen LogP contribution in [0.25, 0.3) is 10.9 Å². The van der Waals surface area contributed by atoms with E-state index in [1.807, 2.05) is 18.2 Å². The second-order valence-electron chi connectivity index (χ2n) is 6.50. The van der Waals surface area contributed by atoms with E-state index in [-0.39, 0.29) is 18.4 Å². The number of carbonyl (C=O) groups excluding carboxylic acids is 2. The minimum absolute atomic E-state index is 0.0825. The van der Waals surface area contributed by atoms with Crippen molar-refractivity contribution in [2.24, 2.45) is 0 Å². The van der Waals surface area contributed by atoms with Crippen LogP contribution in [0, 0.1) is 0 Å². The molecule has 23 heavy (non-hydrogen) atoms. The number of hydrogen-bond acceptors (Lipinski definition) is 2. The van der Waals surface area contributed by atoms with Crippen LogP contribution in [0.4, 0.5) is 0 Å². The first kappa shape index (κ1) is 15.6. The van der Waals surface area contributed by atoms with Gasteiger partial charge in [0.05, 0.1) is 6.54 Å². The van der Waals surface area contributed by atoms with Gasteiger partial charge in [-0.2, -0.15) is 0 Å². The van der Waals surface area contributed by atoms with E-state index in [4.69, 9.17) is 0 Å². The number of likely N-dealkylation sites (N-methyl/N-ethyl adjacent to an activating group) is 2. The normalized spacial score (nSPS) is 13.7. The largest absolute Gasteiger partial charge is 0.358 e. The van der Waals surface area contributed by atoms with Gasteiger partial charge in [-0.15, -0.1) is 0 Å². The Kier molecular flexibility index (Phi) is 4.11. The Morgan fingerprint density at radius 1 is 1.13 bits per heavy atom. The first-order valence-electron chi connectivity index (χ1n) is 8.06. The topological polar surface area (TPSA) is 56.4 Å². The number of amides is 2. The molecule has 5 nitrogen and oxygen atoms in total. The molecule has 0 saturated heterocycles. The van der Waals surface area contributed by atoms with Gasteiger partial charge in [0.15, 0.2) is 0 Å². The summed E-state index contributed by atoms with van der Waals surface area (Å²) in [6.45, 7) is 0.0924. The number of fused-ring (bicyclic) bond motifs is 3. The number of aryl methyl sites for hydroxylation is 2. The fourth-order valence-corrected chi connectivity index (χ4v) is 3.18. The third-order valence-corrected chi connectivity index (χ3v) is 4.56. The van der Waals surface area contributed by atoms with Crippen molar-refractivity contribution < 1.29 is 9.59 Å². The smallest absolute Gasteiger partial charge is 0.254 e. The van der Waals surface area contributed by atoms with E-state index >= 15 is 0 Å². The number of rotatable bonds is 3. The molecule has 0 spiro atoms. The lowest BCUT2D eigenvalue weighted by Gasteiger charge is -2.19. The third kappa shape index (κ3) is 2.96. The molecular formula is C18H23N3O2. The van der Waals surface area contributed by atoms with Gasteiger partial charge in [0, 0.05) is 43.3 Å². The first-order valence-corrected chi connectivity index (χ1v) is 8.06.